The van der Waals surface area contributed by atoms with Gasteiger partial charge in [-0.3, -0.25) is 0 Å². The first-order chi connectivity index (χ1) is 14.0. The normalized spacial score (nSPS) is 15.4. The van der Waals surface area contributed by atoms with Crippen LogP contribution in [-0.2, 0) is 10.0 Å². The lowest BCUT2D eigenvalue weighted by Crippen LogP contribution is -2.35. The van der Waals surface area contributed by atoms with Crippen molar-refractivity contribution in [3.63, 3.8) is 0 Å². The van der Waals surface area contributed by atoms with Gasteiger partial charge in [0, 0.05) is 18.7 Å². The first kappa shape index (κ1) is 19.9. The molecule has 2 aromatic carbocycles. The smallest absolute Gasteiger partial charge is 0.249 e. The summed E-state index contributed by atoms with van der Waals surface area (Å²) in [5.74, 6) is 0.754. The van der Waals surface area contributed by atoms with E-state index >= 15 is 0 Å². The van der Waals surface area contributed by atoms with E-state index in [0.29, 0.717) is 29.2 Å². The summed E-state index contributed by atoms with van der Waals surface area (Å²) in [6.07, 6.45) is 2.74. The number of aromatic nitrogens is 2. The van der Waals surface area contributed by atoms with E-state index in [9.17, 15) is 8.42 Å². The molecule has 1 fully saturated rings. The highest BCUT2D eigenvalue weighted by atomic mass is 35.5. The molecule has 2 heterocycles. The van der Waals surface area contributed by atoms with Gasteiger partial charge in [-0.15, -0.1) is 10.2 Å². The summed E-state index contributed by atoms with van der Waals surface area (Å²) < 4.78 is 38.9. The van der Waals surface area contributed by atoms with Crippen LogP contribution < -0.4 is 4.74 Å². The van der Waals surface area contributed by atoms with Crippen molar-refractivity contribution in [3.8, 4) is 28.7 Å². The Morgan fingerprint density at radius 2 is 1.76 bits per heavy atom. The van der Waals surface area contributed by atoms with E-state index in [0.717, 1.165) is 19.3 Å². The van der Waals surface area contributed by atoms with Gasteiger partial charge in [-0.2, -0.15) is 4.31 Å². The number of nitrogens with zero attached hydrogens (tertiary/aromatic N) is 3. The number of hydrogen-bond acceptors (Lipinski definition) is 6. The lowest BCUT2D eigenvalue weighted by molar-refractivity contribution is 0.343. The highest BCUT2D eigenvalue weighted by Gasteiger charge is 2.29. The molecule has 7 nitrogen and oxygen atoms in total. The SMILES string of the molecule is COc1ccc(-c2nnc(-c3ccccc3Cl)o2)cc1S(=O)(=O)N1CCCCC1. The van der Waals surface area contributed by atoms with Crippen molar-refractivity contribution >= 4 is 21.6 Å². The Balaban J connectivity index is 1.73. The van der Waals surface area contributed by atoms with E-state index in [2.05, 4.69) is 10.2 Å². The second-order valence-electron chi connectivity index (χ2n) is 6.72. The minimum absolute atomic E-state index is 0.0943. The molecule has 0 saturated carbocycles. The molecule has 152 valence electrons. The average Bonchev–Trinajstić information content (AvgIpc) is 3.24. The predicted octanol–water partition coefficient (Wildman–Crippen LogP) is 4.24. The molecule has 0 N–H and O–H groups in total. The minimum Gasteiger partial charge on any atom is -0.495 e. The number of piperidine rings is 1. The Morgan fingerprint density at radius 1 is 1.03 bits per heavy atom. The van der Waals surface area contributed by atoms with Crippen LogP contribution in [0.2, 0.25) is 5.02 Å². The Morgan fingerprint density at radius 3 is 2.48 bits per heavy atom. The maximum atomic E-state index is 13.2. The molecule has 0 unspecified atom stereocenters. The zero-order chi connectivity index (χ0) is 20.4. The maximum Gasteiger partial charge on any atom is 0.249 e. The molecule has 3 aromatic rings. The number of methoxy groups -OCH3 is 1. The zero-order valence-corrected chi connectivity index (χ0v) is 17.4. The molecule has 1 aliphatic rings. The summed E-state index contributed by atoms with van der Waals surface area (Å²) in [5, 5.41) is 8.62. The van der Waals surface area contributed by atoms with Gasteiger partial charge in [-0.05, 0) is 43.2 Å². The first-order valence-electron chi connectivity index (χ1n) is 9.27. The number of hydrogen-bond donors (Lipinski definition) is 0. The molecule has 0 aliphatic carbocycles. The van der Waals surface area contributed by atoms with Crippen LogP contribution in [0.25, 0.3) is 22.9 Å². The van der Waals surface area contributed by atoms with Crippen molar-refractivity contribution in [3.05, 3.63) is 47.5 Å². The van der Waals surface area contributed by atoms with Crippen LogP contribution in [0.1, 0.15) is 19.3 Å². The van der Waals surface area contributed by atoms with Crippen molar-refractivity contribution in [2.75, 3.05) is 20.2 Å². The molecule has 4 rings (SSSR count). The fourth-order valence-electron chi connectivity index (χ4n) is 3.34. The van der Waals surface area contributed by atoms with Crippen LogP contribution in [0, 0.1) is 0 Å². The third kappa shape index (κ3) is 3.88. The first-order valence-corrected chi connectivity index (χ1v) is 11.1. The summed E-state index contributed by atoms with van der Waals surface area (Å²) in [7, 11) is -2.24. The molecule has 1 aromatic heterocycles. The van der Waals surface area contributed by atoms with Gasteiger partial charge in [-0.25, -0.2) is 8.42 Å². The second kappa shape index (κ2) is 8.14. The van der Waals surface area contributed by atoms with Gasteiger partial charge in [0.25, 0.3) is 0 Å². The molecular weight excluding hydrogens is 414 g/mol. The number of ether oxygens (including phenoxy) is 1. The molecular formula is C20H20ClN3O4S. The quantitative estimate of drug-likeness (QED) is 0.598. The number of rotatable bonds is 5. The van der Waals surface area contributed by atoms with Gasteiger partial charge in [0.15, 0.2) is 0 Å². The van der Waals surface area contributed by atoms with E-state index in [1.54, 1.807) is 24.3 Å². The minimum atomic E-state index is -3.69. The third-order valence-corrected chi connectivity index (χ3v) is 7.12. The molecule has 0 atom stereocenters. The van der Waals surface area contributed by atoms with Crippen LogP contribution in [0.15, 0.2) is 51.8 Å². The van der Waals surface area contributed by atoms with Gasteiger partial charge in [0.1, 0.15) is 10.6 Å². The van der Waals surface area contributed by atoms with Gasteiger partial charge in [0.05, 0.1) is 17.7 Å². The molecule has 0 bridgehead atoms. The van der Waals surface area contributed by atoms with E-state index in [1.807, 2.05) is 12.1 Å². The topological polar surface area (TPSA) is 85.5 Å². The van der Waals surface area contributed by atoms with E-state index in [4.69, 9.17) is 20.8 Å². The van der Waals surface area contributed by atoms with Gasteiger partial charge in [0.2, 0.25) is 21.8 Å². The van der Waals surface area contributed by atoms with Gasteiger partial charge < -0.3 is 9.15 Å². The maximum absolute atomic E-state index is 13.2. The van der Waals surface area contributed by atoms with Crippen LogP contribution in [0.5, 0.6) is 5.75 Å². The summed E-state index contributed by atoms with van der Waals surface area (Å²) in [6.45, 7) is 1.01. The molecule has 1 saturated heterocycles. The predicted molar refractivity (Wildman–Crippen MR) is 109 cm³/mol. The van der Waals surface area contributed by atoms with Crippen LogP contribution in [-0.4, -0.2) is 43.1 Å². The monoisotopic (exact) mass is 433 g/mol. The number of benzene rings is 2. The Labute approximate surface area is 174 Å². The van der Waals surface area contributed by atoms with E-state index in [-0.39, 0.29) is 22.4 Å². The molecule has 1 aliphatic heterocycles. The molecule has 0 radical (unpaired) electrons. The third-order valence-electron chi connectivity index (χ3n) is 4.87. The fourth-order valence-corrected chi connectivity index (χ4v) is 5.25. The van der Waals surface area contributed by atoms with Crippen molar-refractivity contribution in [1.82, 2.24) is 14.5 Å². The molecule has 0 amide bonds. The molecule has 9 heteroatoms. The van der Waals surface area contributed by atoms with Crippen molar-refractivity contribution in [1.29, 1.82) is 0 Å². The number of sulfonamides is 1. The molecule has 0 spiro atoms. The van der Waals surface area contributed by atoms with Crippen LogP contribution >= 0.6 is 11.6 Å². The zero-order valence-electron chi connectivity index (χ0n) is 15.8. The summed E-state index contributed by atoms with van der Waals surface area (Å²) in [6, 6.07) is 12.0. The van der Waals surface area contributed by atoms with Gasteiger partial charge >= 0.3 is 0 Å². The Bertz CT molecular complexity index is 1120. The summed E-state index contributed by atoms with van der Waals surface area (Å²) in [4.78, 5) is 0.0943. The van der Waals surface area contributed by atoms with Crippen molar-refractivity contribution in [2.45, 2.75) is 24.2 Å². The van der Waals surface area contributed by atoms with Crippen LogP contribution in [0.4, 0.5) is 0 Å². The average molecular weight is 434 g/mol. The Hall–Kier alpha value is -2.42. The standard InChI is InChI=1S/C20H20ClN3O4S/c1-27-17-10-9-14(13-18(17)29(25,26)24-11-5-2-6-12-24)19-22-23-20(28-19)15-7-3-4-8-16(15)21/h3-4,7-10,13H,2,5-6,11-12H2,1H3. The van der Waals surface area contributed by atoms with E-state index in [1.165, 1.54) is 17.5 Å². The fraction of sp³-hybridized carbons (Fsp3) is 0.300. The number of halogens is 1. The lowest BCUT2D eigenvalue weighted by atomic mass is 10.2. The lowest BCUT2D eigenvalue weighted by Gasteiger charge is -2.26. The van der Waals surface area contributed by atoms with Crippen molar-refractivity contribution < 1.29 is 17.6 Å². The summed E-state index contributed by atoms with van der Waals surface area (Å²) in [5.41, 5.74) is 1.11. The van der Waals surface area contributed by atoms with Crippen molar-refractivity contribution in [2.24, 2.45) is 0 Å². The molecule has 29 heavy (non-hydrogen) atoms. The van der Waals surface area contributed by atoms with Crippen LogP contribution in [0.3, 0.4) is 0 Å². The van der Waals surface area contributed by atoms with E-state index < -0.39 is 10.0 Å². The second-order valence-corrected chi connectivity index (χ2v) is 9.04. The Kier molecular flexibility index (Phi) is 5.58. The largest absolute Gasteiger partial charge is 0.495 e. The highest BCUT2D eigenvalue weighted by Crippen LogP contribution is 2.34. The highest BCUT2D eigenvalue weighted by molar-refractivity contribution is 7.89. The van der Waals surface area contributed by atoms with Gasteiger partial charge in [-0.1, -0.05) is 30.2 Å². The summed E-state index contributed by atoms with van der Waals surface area (Å²) >= 11 is 6.20.